The van der Waals surface area contributed by atoms with Gasteiger partial charge in [-0.1, -0.05) is 42.0 Å². The second kappa shape index (κ2) is 12.3. The van der Waals surface area contributed by atoms with Crippen molar-refractivity contribution in [3.63, 3.8) is 0 Å². The number of amides is 2. The third-order valence-corrected chi connectivity index (χ3v) is 7.03. The van der Waals surface area contributed by atoms with Crippen molar-refractivity contribution in [3.05, 3.63) is 65.4 Å². The Balaban J connectivity index is 1.34. The predicted molar refractivity (Wildman–Crippen MR) is 140 cm³/mol. The van der Waals surface area contributed by atoms with E-state index in [9.17, 15) is 22.8 Å². The molecule has 12 heteroatoms. The second-order valence-corrected chi connectivity index (χ2v) is 9.93. The Labute approximate surface area is 222 Å². The molecule has 38 heavy (non-hydrogen) atoms. The average Bonchev–Trinajstić information content (AvgIpc) is 3.38. The first-order valence-electron chi connectivity index (χ1n) is 12.1. The lowest BCUT2D eigenvalue weighted by atomic mass is 9.97. The van der Waals surface area contributed by atoms with Crippen LogP contribution in [0.4, 0.5) is 24.1 Å². The summed E-state index contributed by atoms with van der Waals surface area (Å²) in [6.07, 6.45) is 6.14. The number of nitrogens with zero attached hydrogens (tertiary/aromatic N) is 4. The highest BCUT2D eigenvalue weighted by molar-refractivity contribution is 7.15. The van der Waals surface area contributed by atoms with E-state index < -0.39 is 22.9 Å². The zero-order valence-corrected chi connectivity index (χ0v) is 21.5. The fourth-order valence-electron chi connectivity index (χ4n) is 3.96. The van der Waals surface area contributed by atoms with Crippen molar-refractivity contribution in [2.24, 2.45) is 0 Å². The highest BCUT2D eigenvalue weighted by atomic mass is 32.1. The van der Waals surface area contributed by atoms with Crippen LogP contribution < -0.4 is 10.6 Å². The maximum atomic E-state index is 12.8. The molecule has 2 N–H and O–H groups in total. The molecular formula is C26H27F3N6O2S. The fraction of sp³-hybridized carbons (Fsp3) is 0.346. The highest BCUT2D eigenvalue weighted by Crippen LogP contribution is 2.35. The number of halogens is 3. The average molecular weight is 545 g/mol. The topological polar surface area (TPSA) is 100 Å². The third-order valence-electron chi connectivity index (χ3n) is 6.08. The summed E-state index contributed by atoms with van der Waals surface area (Å²) in [5, 5.41) is 5.02. The minimum absolute atomic E-state index is 0.116. The van der Waals surface area contributed by atoms with Gasteiger partial charge in [0.05, 0.1) is 30.2 Å². The molecule has 0 aliphatic carbocycles. The van der Waals surface area contributed by atoms with Gasteiger partial charge in [0.15, 0.2) is 10.9 Å². The summed E-state index contributed by atoms with van der Waals surface area (Å²) < 4.78 is 38.4. The number of hydrogen-bond acceptors (Lipinski definition) is 7. The molecule has 8 nitrogen and oxygen atoms in total. The van der Waals surface area contributed by atoms with E-state index in [2.05, 4.69) is 30.5 Å². The van der Waals surface area contributed by atoms with E-state index >= 15 is 0 Å². The van der Waals surface area contributed by atoms with Gasteiger partial charge in [-0.25, -0.2) is 9.97 Å². The number of aromatic nitrogens is 3. The lowest BCUT2D eigenvalue weighted by Gasteiger charge is -2.24. The van der Waals surface area contributed by atoms with Crippen LogP contribution in [0.2, 0.25) is 0 Å². The van der Waals surface area contributed by atoms with Crippen LogP contribution >= 0.6 is 11.3 Å². The van der Waals surface area contributed by atoms with Crippen LogP contribution in [0.25, 0.3) is 11.3 Å². The summed E-state index contributed by atoms with van der Waals surface area (Å²) in [5.74, 6) is -1.11. The van der Waals surface area contributed by atoms with Crippen LogP contribution in [-0.4, -0.2) is 51.3 Å². The Morgan fingerprint density at radius 1 is 1.08 bits per heavy atom. The van der Waals surface area contributed by atoms with Crippen molar-refractivity contribution in [2.45, 2.75) is 38.3 Å². The normalized spacial score (nSPS) is 15.4. The molecule has 0 unspecified atom stereocenters. The zero-order chi connectivity index (χ0) is 27.1. The van der Waals surface area contributed by atoms with Crippen LogP contribution in [0.3, 0.4) is 0 Å². The molecule has 1 saturated heterocycles. The first kappa shape index (κ1) is 27.4. The molecule has 1 atom stereocenters. The number of thiazole rings is 1. The number of rotatable bonds is 8. The van der Waals surface area contributed by atoms with E-state index in [4.69, 9.17) is 0 Å². The molecule has 1 fully saturated rings. The zero-order valence-electron chi connectivity index (χ0n) is 20.7. The van der Waals surface area contributed by atoms with Gasteiger partial charge in [-0.05, 0) is 44.5 Å². The monoisotopic (exact) mass is 544 g/mol. The lowest BCUT2D eigenvalue weighted by molar-refractivity contribution is -0.134. The Morgan fingerprint density at radius 2 is 1.87 bits per heavy atom. The van der Waals surface area contributed by atoms with Crippen molar-refractivity contribution in [1.29, 1.82) is 0 Å². The van der Waals surface area contributed by atoms with Crippen LogP contribution in [0.5, 0.6) is 0 Å². The largest absolute Gasteiger partial charge is 0.427 e. The minimum atomic E-state index is -4.51. The van der Waals surface area contributed by atoms with Crippen LogP contribution in [-0.2, 0) is 15.8 Å². The standard InChI is InChI=1S/C26H27F3N6O2S/c1-17(24(37)34-25-32-15-21(38-25)26(27,28)29)18-7-5-8-19(13-18)20-14-31-22(16-30-20)33-23(36)9-6-12-35-10-3-2-4-11-35/h5-9,13-17H,2-4,10-12H2,1H3,(H,31,33,36)(H,32,34,37)/b9-6+/t17-/m0/s1. The van der Waals surface area contributed by atoms with Gasteiger partial charge in [0.25, 0.3) is 0 Å². The lowest BCUT2D eigenvalue weighted by Crippen LogP contribution is -2.29. The summed E-state index contributed by atoms with van der Waals surface area (Å²) in [4.78, 5) is 38.5. The molecule has 1 aliphatic rings. The number of alkyl halides is 3. The van der Waals surface area contributed by atoms with Gasteiger partial charge in [0.1, 0.15) is 4.88 Å². The smallest absolute Gasteiger partial charge is 0.306 e. The van der Waals surface area contributed by atoms with E-state index in [1.54, 1.807) is 31.2 Å². The van der Waals surface area contributed by atoms with E-state index in [1.807, 2.05) is 6.08 Å². The van der Waals surface area contributed by atoms with E-state index in [0.29, 0.717) is 40.2 Å². The summed E-state index contributed by atoms with van der Waals surface area (Å²) in [6, 6.07) is 7.06. The summed E-state index contributed by atoms with van der Waals surface area (Å²) in [7, 11) is 0. The van der Waals surface area contributed by atoms with Crippen LogP contribution in [0, 0.1) is 0 Å². The number of hydrogen-bond donors (Lipinski definition) is 2. The Bertz CT molecular complexity index is 1290. The van der Waals surface area contributed by atoms with Gasteiger partial charge in [0.2, 0.25) is 11.8 Å². The molecule has 1 aromatic carbocycles. The molecule has 3 aromatic rings. The van der Waals surface area contributed by atoms with Crippen LogP contribution in [0.15, 0.2) is 55.0 Å². The molecule has 3 heterocycles. The van der Waals surface area contributed by atoms with Gasteiger partial charge in [-0.15, -0.1) is 0 Å². The predicted octanol–water partition coefficient (Wildman–Crippen LogP) is 5.34. The molecule has 1 aliphatic heterocycles. The summed E-state index contributed by atoms with van der Waals surface area (Å²) >= 11 is 0.374. The highest BCUT2D eigenvalue weighted by Gasteiger charge is 2.33. The molecule has 0 spiro atoms. The molecule has 0 radical (unpaired) electrons. The molecule has 0 saturated carbocycles. The van der Waals surface area contributed by atoms with Crippen molar-refractivity contribution in [2.75, 3.05) is 30.3 Å². The van der Waals surface area contributed by atoms with Gasteiger partial charge in [-0.2, -0.15) is 13.2 Å². The second-order valence-electron chi connectivity index (χ2n) is 8.90. The Morgan fingerprint density at radius 3 is 2.55 bits per heavy atom. The number of piperidine rings is 1. The number of carbonyl (C=O) groups is 2. The maximum Gasteiger partial charge on any atom is 0.427 e. The van der Waals surface area contributed by atoms with Crippen LogP contribution in [0.1, 0.15) is 42.5 Å². The number of nitrogens with one attached hydrogen (secondary N) is 2. The summed E-state index contributed by atoms with van der Waals surface area (Å²) in [5.41, 5.74) is 1.88. The quantitative estimate of drug-likeness (QED) is 0.372. The summed E-state index contributed by atoms with van der Waals surface area (Å²) in [6.45, 7) is 4.50. The van der Waals surface area contributed by atoms with Crippen molar-refractivity contribution < 1.29 is 22.8 Å². The number of carbonyl (C=O) groups excluding carboxylic acids is 2. The van der Waals surface area contributed by atoms with E-state index in [-0.39, 0.29) is 11.0 Å². The van der Waals surface area contributed by atoms with Gasteiger partial charge < -0.3 is 10.6 Å². The van der Waals surface area contributed by atoms with Crippen molar-refractivity contribution in [1.82, 2.24) is 19.9 Å². The third kappa shape index (κ3) is 7.45. The Hall–Kier alpha value is -3.64. The molecule has 4 rings (SSSR count). The molecule has 200 valence electrons. The Kier molecular flexibility index (Phi) is 8.85. The molecular weight excluding hydrogens is 517 g/mol. The first-order valence-corrected chi connectivity index (χ1v) is 13.0. The maximum absolute atomic E-state index is 12.8. The van der Waals surface area contributed by atoms with Gasteiger partial charge in [0, 0.05) is 18.2 Å². The van der Waals surface area contributed by atoms with E-state index in [1.165, 1.54) is 37.7 Å². The first-order chi connectivity index (χ1) is 18.2. The minimum Gasteiger partial charge on any atom is -0.306 e. The molecule has 0 bridgehead atoms. The van der Waals surface area contributed by atoms with Gasteiger partial charge in [-0.3, -0.25) is 19.5 Å². The SMILES string of the molecule is C[C@H](C(=O)Nc1ncc(C(F)(F)F)s1)c1cccc(-c2cnc(NC(=O)/C=C/CN3CCCCC3)cn2)c1. The number of likely N-dealkylation sites (tertiary alicyclic amines) is 1. The number of anilines is 2. The number of benzene rings is 1. The molecule has 2 aromatic heterocycles. The van der Waals surface area contributed by atoms with Crippen molar-refractivity contribution in [3.8, 4) is 11.3 Å². The van der Waals surface area contributed by atoms with Gasteiger partial charge >= 0.3 is 6.18 Å². The molecule has 2 amide bonds. The fourth-order valence-corrected chi connectivity index (χ4v) is 4.64. The van der Waals surface area contributed by atoms with Crippen molar-refractivity contribution >= 4 is 34.1 Å². The van der Waals surface area contributed by atoms with E-state index in [0.717, 1.165) is 19.6 Å².